The third-order valence-electron chi connectivity index (χ3n) is 10.3. The fourth-order valence-corrected chi connectivity index (χ4v) is 7.53. The van der Waals surface area contributed by atoms with Crippen molar-refractivity contribution in [3.8, 4) is 11.3 Å². The number of anilines is 4. The third kappa shape index (κ3) is 5.92. The molecule has 2 saturated heterocycles. The Morgan fingerprint density at radius 3 is 2.64 bits per heavy atom. The average Bonchev–Trinajstić information content (AvgIpc) is 3.49. The van der Waals surface area contributed by atoms with Crippen molar-refractivity contribution in [2.75, 3.05) is 54.4 Å². The van der Waals surface area contributed by atoms with Gasteiger partial charge in [-0.25, -0.2) is 9.97 Å². The molecule has 1 amide bonds. The van der Waals surface area contributed by atoms with Crippen LogP contribution in [0.4, 0.5) is 23.1 Å². The summed E-state index contributed by atoms with van der Waals surface area (Å²) in [6.07, 6.45) is 8.35. The molecule has 50 heavy (non-hydrogen) atoms. The molecule has 1 atom stereocenters. The lowest BCUT2D eigenvalue weighted by atomic mass is 9.98. The van der Waals surface area contributed by atoms with Gasteiger partial charge in [-0.1, -0.05) is 6.07 Å². The molecule has 8 rings (SSSR count). The fourth-order valence-electron chi connectivity index (χ4n) is 7.53. The zero-order chi connectivity index (χ0) is 34.4. The first kappa shape index (κ1) is 32.1. The van der Waals surface area contributed by atoms with Crippen molar-refractivity contribution in [3.05, 3.63) is 75.7 Å². The van der Waals surface area contributed by atoms with Gasteiger partial charge in [-0.2, -0.15) is 0 Å². The largest absolute Gasteiger partial charge is 0.459 e. The van der Waals surface area contributed by atoms with Crippen molar-refractivity contribution in [1.29, 1.82) is 0 Å². The summed E-state index contributed by atoms with van der Waals surface area (Å²) in [4.78, 5) is 59.8. The number of pyridine rings is 2. The molecule has 4 aliphatic rings. The minimum absolute atomic E-state index is 0.127. The lowest BCUT2D eigenvalue weighted by Gasteiger charge is -2.42. The Morgan fingerprint density at radius 2 is 1.86 bits per heavy atom. The van der Waals surface area contributed by atoms with Gasteiger partial charge in [-0.05, 0) is 55.5 Å². The lowest BCUT2D eigenvalue weighted by Crippen LogP contribution is -2.54. The van der Waals surface area contributed by atoms with Gasteiger partial charge in [0.25, 0.3) is 11.5 Å². The third-order valence-corrected chi connectivity index (χ3v) is 10.3. The topological polar surface area (TPSA) is 140 Å². The Hall–Kier alpha value is -5.08. The van der Waals surface area contributed by atoms with E-state index in [4.69, 9.17) is 14.5 Å². The van der Waals surface area contributed by atoms with Crippen molar-refractivity contribution in [2.45, 2.75) is 58.4 Å². The number of hydrogen-bond acceptors (Lipinski definition) is 11. The Balaban J connectivity index is 1.16. The molecular weight excluding hydrogens is 638 g/mol. The van der Waals surface area contributed by atoms with Gasteiger partial charge in [0, 0.05) is 77.1 Å². The molecule has 14 heteroatoms. The van der Waals surface area contributed by atoms with Gasteiger partial charge in [0.2, 0.25) is 0 Å². The van der Waals surface area contributed by atoms with E-state index < -0.39 is 5.97 Å². The van der Waals surface area contributed by atoms with E-state index in [9.17, 15) is 14.4 Å². The SMILES string of the molecule is CC(=O)OCc1nccc(-c2ncc(=O)n(C)c2Nc2cccc(N3CCN(C4CCO4)CC3)n2)c1N1CCn2c(cc3c2CCCC3)C1=O. The number of hydrogen-bond donors (Lipinski definition) is 1. The van der Waals surface area contributed by atoms with Crippen LogP contribution in [0.15, 0.2) is 47.5 Å². The maximum atomic E-state index is 14.3. The second-order valence-corrected chi connectivity index (χ2v) is 13.2. The van der Waals surface area contributed by atoms with E-state index in [1.165, 1.54) is 28.9 Å². The van der Waals surface area contributed by atoms with Gasteiger partial charge in [0.1, 0.15) is 47.4 Å². The number of carbonyl (C=O) groups is 2. The molecule has 14 nitrogen and oxygen atoms in total. The quantitative estimate of drug-likeness (QED) is 0.275. The highest BCUT2D eigenvalue weighted by molar-refractivity contribution is 6.09. The van der Waals surface area contributed by atoms with Gasteiger partial charge in [0.15, 0.2) is 0 Å². The van der Waals surface area contributed by atoms with Crippen LogP contribution in [0.5, 0.6) is 0 Å². The predicted molar refractivity (Wildman–Crippen MR) is 187 cm³/mol. The second kappa shape index (κ2) is 13.3. The second-order valence-electron chi connectivity index (χ2n) is 13.2. The number of piperazine rings is 1. The molecule has 7 heterocycles. The summed E-state index contributed by atoms with van der Waals surface area (Å²) >= 11 is 0. The molecule has 260 valence electrons. The highest BCUT2D eigenvalue weighted by Gasteiger charge is 2.34. The molecule has 1 N–H and O–H groups in total. The molecule has 2 fully saturated rings. The Labute approximate surface area is 289 Å². The molecular formula is C36H41N9O5. The Kier molecular flexibility index (Phi) is 8.57. The molecule has 1 aliphatic carbocycles. The highest BCUT2D eigenvalue weighted by atomic mass is 16.5. The summed E-state index contributed by atoms with van der Waals surface area (Å²) in [5, 5.41) is 3.38. The van der Waals surface area contributed by atoms with Crippen molar-refractivity contribution < 1.29 is 19.1 Å². The monoisotopic (exact) mass is 679 g/mol. The maximum absolute atomic E-state index is 14.3. The minimum Gasteiger partial charge on any atom is -0.459 e. The van der Waals surface area contributed by atoms with Crippen molar-refractivity contribution in [1.82, 2.24) is 29.0 Å². The normalized spacial score (nSPS) is 19.1. The molecule has 0 spiro atoms. The van der Waals surface area contributed by atoms with Crippen LogP contribution in [0.25, 0.3) is 11.3 Å². The maximum Gasteiger partial charge on any atom is 0.303 e. The van der Waals surface area contributed by atoms with Crippen LogP contribution in [0.1, 0.15) is 53.6 Å². The zero-order valence-corrected chi connectivity index (χ0v) is 28.4. The van der Waals surface area contributed by atoms with Crippen LogP contribution in [-0.4, -0.2) is 86.4 Å². The molecule has 3 aliphatic heterocycles. The van der Waals surface area contributed by atoms with Gasteiger partial charge < -0.3 is 29.2 Å². The zero-order valence-electron chi connectivity index (χ0n) is 28.4. The van der Waals surface area contributed by atoms with Gasteiger partial charge >= 0.3 is 5.97 Å². The van der Waals surface area contributed by atoms with E-state index in [0.29, 0.717) is 53.1 Å². The number of nitrogens with one attached hydrogen (secondary N) is 1. The average molecular weight is 680 g/mol. The lowest BCUT2D eigenvalue weighted by molar-refractivity contribution is -0.145. The number of amides is 1. The van der Waals surface area contributed by atoms with Gasteiger partial charge in [0.05, 0.1) is 18.5 Å². The number of aryl methyl sites for hydroxylation is 1. The van der Waals surface area contributed by atoms with E-state index in [1.807, 2.05) is 24.3 Å². The summed E-state index contributed by atoms with van der Waals surface area (Å²) in [6.45, 7) is 6.52. The number of carbonyl (C=O) groups excluding carboxylic acids is 2. The number of nitrogens with zero attached hydrogens (tertiary/aromatic N) is 8. The number of rotatable bonds is 8. The Bertz CT molecular complexity index is 2010. The smallest absolute Gasteiger partial charge is 0.303 e. The number of esters is 1. The first-order chi connectivity index (χ1) is 24.4. The van der Waals surface area contributed by atoms with Crippen LogP contribution < -0.4 is 20.7 Å². The molecule has 1 unspecified atom stereocenters. The minimum atomic E-state index is -0.457. The molecule has 0 aromatic carbocycles. The van der Waals surface area contributed by atoms with E-state index in [1.54, 1.807) is 24.2 Å². The molecule has 0 saturated carbocycles. The van der Waals surface area contributed by atoms with Crippen LogP contribution in [-0.2, 0) is 47.3 Å². The van der Waals surface area contributed by atoms with Crippen LogP contribution in [0.2, 0.25) is 0 Å². The van der Waals surface area contributed by atoms with Gasteiger partial charge in [-0.3, -0.25) is 28.8 Å². The first-order valence-corrected chi connectivity index (χ1v) is 17.4. The van der Waals surface area contributed by atoms with E-state index in [0.717, 1.165) is 70.7 Å². The van der Waals surface area contributed by atoms with E-state index in [2.05, 4.69) is 29.7 Å². The van der Waals surface area contributed by atoms with Crippen molar-refractivity contribution >= 4 is 35.0 Å². The van der Waals surface area contributed by atoms with Crippen molar-refractivity contribution in [3.63, 3.8) is 0 Å². The fraction of sp³-hybridized carbons (Fsp3) is 0.444. The first-order valence-electron chi connectivity index (χ1n) is 17.4. The number of fused-ring (bicyclic) bond motifs is 3. The number of ether oxygens (including phenoxy) is 2. The van der Waals surface area contributed by atoms with E-state index >= 15 is 0 Å². The molecule has 0 radical (unpaired) electrons. The summed E-state index contributed by atoms with van der Waals surface area (Å²) in [5.74, 6) is 1.17. The van der Waals surface area contributed by atoms with E-state index in [-0.39, 0.29) is 24.3 Å². The Morgan fingerprint density at radius 1 is 1.04 bits per heavy atom. The van der Waals surface area contributed by atoms with Crippen LogP contribution >= 0.6 is 0 Å². The number of aromatic nitrogens is 5. The van der Waals surface area contributed by atoms with Crippen LogP contribution in [0, 0.1) is 0 Å². The van der Waals surface area contributed by atoms with Crippen molar-refractivity contribution in [2.24, 2.45) is 7.05 Å². The summed E-state index contributed by atoms with van der Waals surface area (Å²) in [7, 11) is 1.67. The van der Waals surface area contributed by atoms with Crippen LogP contribution in [0.3, 0.4) is 0 Å². The summed E-state index contributed by atoms with van der Waals surface area (Å²) in [6, 6.07) is 9.60. The molecule has 4 aromatic heterocycles. The molecule has 4 aromatic rings. The standard InChI is InChI=1S/C36H41N9O5/c1-23(46)50-22-26-34(45-18-17-44-27-7-4-3-6-24(27)20-28(44)36(45)48)25(10-12-37-26)33-35(41(2)31(47)21-38-33)40-29-8-5-9-30(39-29)42-13-15-43(16-14-42)32-11-19-49-32/h5,8-10,12,20-21,32H,3-4,6-7,11,13-19,22H2,1-2H3,(H,39,40). The summed E-state index contributed by atoms with van der Waals surface area (Å²) in [5.41, 5.74) is 4.74. The molecule has 0 bridgehead atoms. The predicted octanol–water partition coefficient (Wildman–Crippen LogP) is 3.25. The van der Waals surface area contributed by atoms with Gasteiger partial charge in [-0.15, -0.1) is 0 Å². The summed E-state index contributed by atoms with van der Waals surface area (Å²) < 4.78 is 14.8. The highest BCUT2D eigenvalue weighted by Crippen LogP contribution is 2.39.